The van der Waals surface area contributed by atoms with Crippen molar-refractivity contribution in [3.05, 3.63) is 46.9 Å². The Labute approximate surface area is 140 Å². The van der Waals surface area contributed by atoms with Gasteiger partial charge in [-0.15, -0.1) is 0 Å². The largest absolute Gasteiger partial charge is 0.497 e. The summed E-state index contributed by atoms with van der Waals surface area (Å²) in [5, 5.41) is 7.85. The predicted octanol–water partition coefficient (Wildman–Crippen LogP) is 2.86. The zero-order valence-corrected chi connectivity index (χ0v) is 14.0. The number of anilines is 1. The number of benzene rings is 1. The van der Waals surface area contributed by atoms with Crippen LogP contribution in [0.3, 0.4) is 0 Å². The van der Waals surface area contributed by atoms with Gasteiger partial charge in [-0.25, -0.2) is 4.68 Å². The van der Waals surface area contributed by atoms with Crippen LogP contribution in [0.1, 0.15) is 37.2 Å². The van der Waals surface area contributed by atoms with Gasteiger partial charge in [-0.05, 0) is 37.0 Å². The molecule has 2 aromatic rings. The SMILES string of the molecule is COc1ccc(C2C3=C(CC(C)CC3=O)Nc3nc(C)nn32)cc1. The van der Waals surface area contributed by atoms with E-state index in [9.17, 15) is 4.79 Å². The maximum Gasteiger partial charge on any atom is 0.226 e. The van der Waals surface area contributed by atoms with Crippen molar-refractivity contribution in [1.29, 1.82) is 0 Å². The standard InChI is InChI=1S/C18H20N4O2/c1-10-8-14-16(15(23)9-10)17(12-4-6-13(24-3)7-5-12)22-18(20-14)19-11(2)21-22/h4-7,10,17H,8-9H2,1-3H3,(H,19,20,21). The molecule has 2 heterocycles. The van der Waals surface area contributed by atoms with Gasteiger partial charge in [0, 0.05) is 17.7 Å². The van der Waals surface area contributed by atoms with E-state index in [1.165, 1.54) is 0 Å². The second-order valence-electron chi connectivity index (χ2n) is 6.56. The fourth-order valence-corrected chi connectivity index (χ4v) is 3.61. The first kappa shape index (κ1) is 14.9. The lowest BCUT2D eigenvalue weighted by molar-refractivity contribution is -0.117. The van der Waals surface area contributed by atoms with E-state index in [1.807, 2.05) is 35.9 Å². The zero-order valence-electron chi connectivity index (χ0n) is 14.0. The minimum Gasteiger partial charge on any atom is -0.497 e. The highest BCUT2D eigenvalue weighted by Gasteiger charge is 2.38. The fraction of sp³-hybridized carbons (Fsp3) is 0.389. The average Bonchev–Trinajstić information content (AvgIpc) is 2.92. The minimum atomic E-state index is -0.233. The first-order valence-corrected chi connectivity index (χ1v) is 8.17. The van der Waals surface area contributed by atoms with E-state index in [0.29, 0.717) is 24.1 Å². The second-order valence-corrected chi connectivity index (χ2v) is 6.56. The van der Waals surface area contributed by atoms with E-state index >= 15 is 0 Å². The molecule has 1 N–H and O–H groups in total. The third-order valence-electron chi connectivity index (χ3n) is 4.66. The molecule has 2 atom stereocenters. The number of allylic oxidation sites excluding steroid dienone is 2. The quantitative estimate of drug-likeness (QED) is 0.920. The van der Waals surface area contributed by atoms with Gasteiger partial charge in [0.25, 0.3) is 0 Å². The topological polar surface area (TPSA) is 69.0 Å². The molecule has 0 saturated heterocycles. The van der Waals surface area contributed by atoms with Crippen molar-refractivity contribution >= 4 is 11.7 Å². The van der Waals surface area contributed by atoms with Crippen LogP contribution in [0.25, 0.3) is 0 Å². The van der Waals surface area contributed by atoms with Gasteiger partial charge in [-0.2, -0.15) is 10.1 Å². The molecular weight excluding hydrogens is 304 g/mol. The molecule has 1 aromatic heterocycles. The van der Waals surface area contributed by atoms with Crippen LogP contribution in [0.4, 0.5) is 5.95 Å². The summed E-state index contributed by atoms with van der Waals surface area (Å²) in [5.74, 6) is 2.72. The molecular formula is C18H20N4O2. The Balaban J connectivity index is 1.87. The smallest absolute Gasteiger partial charge is 0.226 e. The molecule has 124 valence electrons. The van der Waals surface area contributed by atoms with Crippen LogP contribution in [0.2, 0.25) is 0 Å². The van der Waals surface area contributed by atoms with E-state index in [1.54, 1.807) is 7.11 Å². The number of Topliss-reactive ketones (excluding diaryl/α,β-unsaturated/α-hetero) is 1. The van der Waals surface area contributed by atoms with E-state index in [4.69, 9.17) is 4.74 Å². The Bertz CT molecular complexity index is 835. The van der Waals surface area contributed by atoms with E-state index in [2.05, 4.69) is 22.3 Å². The molecule has 6 nitrogen and oxygen atoms in total. The van der Waals surface area contributed by atoms with Crippen LogP contribution in [-0.4, -0.2) is 27.7 Å². The summed E-state index contributed by atoms with van der Waals surface area (Å²) in [7, 11) is 1.64. The summed E-state index contributed by atoms with van der Waals surface area (Å²) in [6.45, 7) is 3.97. The monoisotopic (exact) mass is 324 g/mol. The van der Waals surface area contributed by atoms with Crippen molar-refractivity contribution in [2.75, 3.05) is 12.4 Å². The molecule has 4 rings (SSSR count). The number of nitrogens with one attached hydrogen (secondary N) is 1. The minimum absolute atomic E-state index is 0.191. The third kappa shape index (κ3) is 2.29. The van der Waals surface area contributed by atoms with Gasteiger partial charge in [-0.1, -0.05) is 19.1 Å². The molecule has 0 radical (unpaired) electrons. The first-order chi connectivity index (χ1) is 11.6. The molecule has 0 saturated carbocycles. The van der Waals surface area contributed by atoms with Crippen molar-refractivity contribution in [3.63, 3.8) is 0 Å². The molecule has 0 amide bonds. The van der Waals surface area contributed by atoms with E-state index in [-0.39, 0.29) is 11.8 Å². The summed E-state index contributed by atoms with van der Waals surface area (Å²) in [6.07, 6.45) is 1.44. The highest BCUT2D eigenvalue weighted by atomic mass is 16.5. The van der Waals surface area contributed by atoms with Crippen LogP contribution < -0.4 is 10.1 Å². The molecule has 0 bridgehead atoms. The van der Waals surface area contributed by atoms with Gasteiger partial charge < -0.3 is 10.1 Å². The molecule has 0 spiro atoms. The Morgan fingerprint density at radius 1 is 1.25 bits per heavy atom. The fourth-order valence-electron chi connectivity index (χ4n) is 3.61. The molecule has 1 aromatic carbocycles. The molecule has 2 unspecified atom stereocenters. The maximum absolute atomic E-state index is 12.8. The average molecular weight is 324 g/mol. The van der Waals surface area contributed by atoms with Crippen LogP contribution in [-0.2, 0) is 4.79 Å². The molecule has 2 aliphatic rings. The Kier molecular flexibility index (Phi) is 3.40. The van der Waals surface area contributed by atoms with Gasteiger partial charge in [-0.3, -0.25) is 4.79 Å². The lowest BCUT2D eigenvalue weighted by atomic mass is 9.81. The number of aryl methyl sites for hydroxylation is 1. The van der Waals surface area contributed by atoms with Gasteiger partial charge >= 0.3 is 0 Å². The number of ether oxygens (including phenoxy) is 1. The summed E-state index contributed by atoms with van der Waals surface area (Å²) in [5.41, 5.74) is 2.81. The number of nitrogens with zero attached hydrogens (tertiary/aromatic N) is 3. The zero-order chi connectivity index (χ0) is 16.8. The van der Waals surface area contributed by atoms with Crippen LogP contribution in [0.15, 0.2) is 35.5 Å². The number of fused-ring (bicyclic) bond motifs is 1. The molecule has 1 aliphatic heterocycles. The van der Waals surface area contributed by atoms with Crippen molar-refractivity contribution in [1.82, 2.24) is 14.8 Å². The van der Waals surface area contributed by atoms with Crippen LogP contribution >= 0.6 is 0 Å². The van der Waals surface area contributed by atoms with Gasteiger partial charge in [0.1, 0.15) is 17.6 Å². The van der Waals surface area contributed by atoms with E-state index < -0.39 is 0 Å². The summed E-state index contributed by atoms with van der Waals surface area (Å²) in [6, 6.07) is 7.58. The first-order valence-electron chi connectivity index (χ1n) is 8.17. The number of aromatic nitrogens is 3. The van der Waals surface area contributed by atoms with Crippen molar-refractivity contribution in [2.45, 2.75) is 32.7 Å². The maximum atomic E-state index is 12.8. The van der Waals surface area contributed by atoms with E-state index in [0.717, 1.165) is 29.0 Å². The highest BCUT2D eigenvalue weighted by Crippen LogP contribution is 2.41. The van der Waals surface area contributed by atoms with Crippen molar-refractivity contribution in [3.8, 4) is 5.75 Å². The molecule has 1 aliphatic carbocycles. The number of rotatable bonds is 2. The third-order valence-corrected chi connectivity index (χ3v) is 4.66. The Morgan fingerprint density at radius 2 is 2.00 bits per heavy atom. The van der Waals surface area contributed by atoms with Gasteiger partial charge in [0.2, 0.25) is 5.95 Å². The molecule has 24 heavy (non-hydrogen) atoms. The lowest BCUT2D eigenvalue weighted by Gasteiger charge is -2.34. The number of carbonyl (C=O) groups is 1. The Hall–Kier alpha value is -2.63. The van der Waals surface area contributed by atoms with Crippen LogP contribution in [0, 0.1) is 12.8 Å². The second kappa shape index (κ2) is 5.47. The highest BCUT2D eigenvalue weighted by molar-refractivity contribution is 5.99. The van der Waals surface area contributed by atoms with Gasteiger partial charge in [0.05, 0.1) is 7.11 Å². The van der Waals surface area contributed by atoms with Crippen molar-refractivity contribution < 1.29 is 9.53 Å². The summed E-state index contributed by atoms with van der Waals surface area (Å²) in [4.78, 5) is 17.3. The molecule has 0 fully saturated rings. The summed E-state index contributed by atoms with van der Waals surface area (Å²) >= 11 is 0. The number of hydrogen-bond acceptors (Lipinski definition) is 5. The summed E-state index contributed by atoms with van der Waals surface area (Å²) < 4.78 is 7.07. The van der Waals surface area contributed by atoms with Gasteiger partial charge in [0.15, 0.2) is 5.78 Å². The number of methoxy groups -OCH3 is 1. The number of hydrogen-bond donors (Lipinski definition) is 1. The predicted molar refractivity (Wildman–Crippen MR) is 89.9 cm³/mol. The molecule has 6 heteroatoms. The van der Waals surface area contributed by atoms with Crippen LogP contribution in [0.5, 0.6) is 5.75 Å². The lowest BCUT2D eigenvalue weighted by Crippen LogP contribution is -2.33. The Morgan fingerprint density at radius 3 is 2.71 bits per heavy atom. The number of ketones is 1. The van der Waals surface area contributed by atoms with Crippen molar-refractivity contribution in [2.24, 2.45) is 5.92 Å². The normalized spacial score (nSPS) is 22.7. The number of carbonyl (C=O) groups excluding carboxylic acids is 1.